The molecule has 0 fully saturated rings. The zero-order chi connectivity index (χ0) is 25.9. The van der Waals surface area contributed by atoms with E-state index in [9.17, 15) is 13.2 Å². The van der Waals surface area contributed by atoms with E-state index in [-0.39, 0.29) is 28.8 Å². The molecule has 2 heterocycles. The molecule has 0 aliphatic carbocycles. The second kappa shape index (κ2) is 10.2. The number of aryl methyl sites for hydroxylation is 2. The number of ether oxygens (including phenoxy) is 1. The molecule has 0 radical (unpaired) electrons. The number of nitrogens with one attached hydrogen (secondary N) is 1. The molecule has 0 unspecified atom stereocenters. The van der Waals surface area contributed by atoms with Gasteiger partial charge in [-0.1, -0.05) is 18.2 Å². The molecular weight excluding hydrogens is 482 g/mol. The van der Waals surface area contributed by atoms with Crippen molar-refractivity contribution < 1.29 is 22.4 Å². The summed E-state index contributed by atoms with van der Waals surface area (Å²) in [6.07, 6.45) is 1.52. The van der Waals surface area contributed by atoms with E-state index >= 15 is 0 Å². The number of nitrogens with zero attached hydrogens (tertiary/aromatic N) is 4. The Bertz CT molecular complexity index is 1460. The molecule has 2 aromatic carbocycles. The number of carbonyl (C=O) groups excluding carboxylic acids is 1. The lowest BCUT2D eigenvalue weighted by atomic mass is 10.2. The SMILES string of the molecule is CCn1cc(C(=O)N(C)C)c(NS(=O)(=O)c2ccc(OCc3nc(-c4ccccc4)oc3C)cc2)n1. The van der Waals surface area contributed by atoms with E-state index < -0.39 is 10.0 Å². The molecule has 0 bridgehead atoms. The third-order valence-corrected chi connectivity index (χ3v) is 6.73. The summed E-state index contributed by atoms with van der Waals surface area (Å²) in [4.78, 5) is 18.3. The Morgan fingerprint density at radius 2 is 1.81 bits per heavy atom. The molecule has 4 rings (SSSR count). The predicted molar refractivity (Wildman–Crippen MR) is 134 cm³/mol. The smallest absolute Gasteiger partial charge is 0.263 e. The van der Waals surface area contributed by atoms with Crippen LogP contribution < -0.4 is 9.46 Å². The molecule has 2 aromatic heterocycles. The molecular formula is C25H27N5O5S. The third-order valence-electron chi connectivity index (χ3n) is 5.38. The fourth-order valence-electron chi connectivity index (χ4n) is 3.38. The van der Waals surface area contributed by atoms with Crippen LogP contribution in [0.4, 0.5) is 5.82 Å². The number of sulfonamides is 1. The molecule has 0 aliphatic rings. The lowest BCUT2D eigenvalue weighted by molar-refractivity contribution is 0.0828. The van der Waals surface area contributed by atoms with Crippen molar-refractivity contribution in [3.8, 4) is 17.2 Å². The molecule has 0 saturated carbocycles. The second-order valence-electron chi connectivity index (χ2n) is 8.20. The molecule has 36 heavy (non-hydrogen) atoms. The molecule has 10 nitrogen and oxygen atoms in total. The molecule has 1 N–H and O–H groups in total. The fourth-order valence-corrected chi connectivity index (χ4v) is 4.39. The summed E-state index contributed by atoms with van der Waals surface area (Å²) in [6, 6.07) is 15.5. The highest BCUT2D eigenvalue weighted by atomic mass is 32.2. The van der Waals surface area contributed by atoms with Gasteiger partial charge in [-0.15, -0.1) is 0 Å². The van der Waals surface area contributed by atoms with Crippen molar-refractivity contribution in [2.24, 2.45) is 0 Å². The highest BCUT2D eigenvalue weighted by Gasteiger charge is 2.23. The topological polar surface area (TPSA) is 120 Å². The minimum absolute atomic E-state index is 0.00753. The Balaban J connectivity index is 1.46. The van der Waals surface area contributed by atoms with E-state index in [0.717, 1.165) is 5.56 Å². The van der Waals surface area contributed by atoms with Gasteiger partial charge in [0.2, 0.25) is 5.89 Å². The van der Waals surface area contributed by atoms with Gasteiger partial charge >= 0.3 is 0 Å². The Morgan fingerprint density at radius 3 is 2.44 bits per heavy atom. The Hall–Kier alpha value is -4.12. The zero-order valence-electron chi connectivity index (χ0n) is 20.4. The van der Waals surface area contributed by atoms with Gasteiger partial charge in [0.25, 0.3) is 15.9 Å². The zero-order valence-corrected chi connectivity index (χ0v) is 21.2. The summed E-state index contributed by atoms with van der Waals surface area (Å²) >= 11 is 0. The number of hydrogen-bond acceptors (Lipinski definition) is 7. The first-order chi connectivity index (χ1) is 17.2. The lowest BCUT2D eigenvalue weighted by Gasteiger charge is -2.11. The van der Waals surface area contributed by atoms with Gasteiger partial charge in [-0.3, -0.25) is 14.2 Å². The Kier molecular flexibility index (Phi) is 7.11. The van der Waals surface area contributed by atoms with Crippen molar-refractivity contribution >= 4 is 21.7 Å². The van der Waals surface area contributed by atoms with E-state index in [2.05, 4.69) is 14.8 Å². The Morgan fingerprint density at radius 1 is 1.11 bits per heavy atom. The predicted octanol–water partition coefficient (Wildman–Crippen LogP) is 3.95. The van der Waals surface area contributed by atoms with Crippen LogP contribution in [-0.4, -0.2) is 48.1 Å². The van der Waals surface area contributed by atoms with Crippen LogP contribution in [-0.2, 0) is 23.2 Å². The molecule has 188 valence electrons. The van der Waals surface area contributed by atoms with Gasteiger partial charge in [0.1, 0.15) is 29.4 Å². The summed E-state index contributed by atoms with van der Waals surface area (Å²) in [6.45, 7) is 4.31. The van der Waals surface area contributed by atoms with Gasteiger partial charge in [0.05, 0.1) is 4.90 Å². The van der Waals surface area contributed by atoms with Crippen LogP contribution in [0.3, 0.4) is 0 Å². The van der Waals surface area contributed by atoms with E-state index in [0.29, 0.717) is 29.6 Å². The molecule has 4 aromatic rings. The number of rotatable bonds is 9. The maximum Gasteiger partial charge on any atom is 0.263 e. The van der Waals surface area contributed by atoms with Crippen LogP contribution in [0.15, 0.2) is 70.1 Å². The number of carbonyl (C=O) groups is 1. The first kappa shape index (κ1) is 25.0. The van der Waals surface area contributed by atoms with Crippen molar-refractivity contribution in [2.45, 2.75) is 31.9 Å². The van der Waals surface area contributed by atoms with Crippen molar-refractivity contribution in [3.63, 3.8) is 0 Å². The summed E-state index contributed by atoms with van der Waals surface area (Å²) in [7, 11) is -0.809. The third kappa shape index (κ3) is 5.41. The molecule has 11 heteroatoms. The first-order valence-electron chi connectivity index (χ1n) is 11.2. The van der Waals surface area contributed by atoms with Gasteiger partial charge < -0.3 is 14.1 Å². The van der Waals surface area contributed by atoms with E-state index in [1.54, 1.807) is 26.2 Å². The average Bonchev–Trinajstić information content (AvgIpc) is 3.45. The molecule has 0 atom stereocenters. The number of hydrogen-bond donors (Lipinski definition) is 1. The summed E-state index contributed by atoms with van der Waals surface area (Å²) in [5.41, 5.74) is 1.69. The first-order valence-corrected chi connectivity index (χ1v) is 12.7. The highest BCUT2D eigenvalue weighted by molar-refractivity contribution is 7.92. The minimum atomic E-state index is -3.99. The average molecular weight is 510 g/mol. The van der Waals surface area contributed by atoms with Crippen LogP contribution in [0, 0.1) is 6.92 Å². The lowest BCUT2D eigenvalue weighted by Crippen LogP contribution is -2.23. The van der Waals surface area contributed by atoms with Gasteiger partial charge in [0.15, 0.2) is 5.82 Å². The van der Waals surface area contributed by atoms with Crippen molar-refractivity contribution in [2.75, 3.05) is 18.8 Å². The van der Waals surface area contributed by atoms with Crippen LogP contribution in [0.1, 0.15) is 28.7 Å². The summed E-state index contributed by atoms with van der Waals surface area (Å²) in [5.74, 6) is 1.25. The minimum Gasteiger partial charge on any atom is -0.487 e. The fraction of sp³-hybridized carbons (Fsp3) is 0.240. The van der Waals surface area contributed by atoms with Gasteiger partial charge in [-0.2, -0.15) is 5.10 Å². The molecule has 0 spiro atoms. The van der Waals surface area contributed by atoms with Crippen molar-refractivity contribution in [3.05, 3.63) is 77.8 Å². The number of amides is 1. The monoisotopic (exact) mass is 509 g/mol. The number of anilines is 1. The van der Waals surface area contributed by atoms with Gasteiger partial charge in [0, 0.05) is 32.4 Å². The number of aromatic nitrogens is 3. The standard InChI is InChI=1S/C25H27N5O5S/c1-5-30-15-21(25(31)29(3)4)23(27-30)28-36(32,33)20-13-11-19(12-14-20)34-16-22-17(2)35-24(26-22)18-9-7-6-8-10-18/h6-15H,5,16H2,1-4H3,(H,27,28). The van der Waals surface area contributed by atoms with Crippen LogP contribution in [0.5, 0.6) is 5.75 Å². The maximum absolute atomic E-state index is 13.0. The quantitative estimate of drug-likeness (QED) is 0.363. The number of oxazole rings is 1. The van der Waals surface area contributed by atoms with Gasteiger partial charge in [-0.05, 0) is 50.2 Å². The maximum atomic E-state index is 13.0. The molecule has 1 amide bonds. The normalized spacial score (nSPS) is 11.3. The largest absolute Gasteiger partial charge is 0.487 e. The summed E-state index contributed by atoms with van der Waals surface area (Å²) in [5, 5.41) is 4.19. The van der Waals surface area contributed by atoms with Crippen molar-refractivity contribution in [1.82, 2.24) is 19.7 Å². The number of benzene rings is 2. The van der Waals surface area contributed by atoms with Crippen LogP contribution in [0.2, 0.25) is 0 Å². The molecule has 0 aliphatic heterocycles. The van der Waals surface area contributed by atoms with Crippen LogP contribution >= 0.6 is 0 Å². The van der Waals surface area contributed by atoms with Crippen LogP contribution in [0.25, 0.3) is 11.5 Å². The van der Waals surface area contributed by atoms with Gasteiger partial charge in [-0.25, -0.2) is 13.4 Å². The van der Waals surface area contributed by atoms with E-state index in [1.807, 2.05) is 44.2 Å². The Labute approximate surface area is 209 Å². The van der Waals surface area contributed by atoms with Crippen molar-refractivity contribution in [1.29, 1.82) is 0 Å². The second-order valence-corrected chi connectivity index (χ2v) is 9.88. The summed E-state index contributed by atoms with van der Waals surface area (Å²) < 4.78 is 41.4. The molecule has 0 saturated heterocycles. The van der Waals surface area contributed by atoms with E-state index in [1.165, 1.54) is 27.9 Å². The highest BCUT2D eigenvalue weighted by Crippen LogP contribution is 2.24. The van der Waals surface area contributed by atoms with E-state index in [4.69, 9.17) is 9.15 Å².